The van der Waals surface area contributed by atoms with Crippen molar-refractivity contribution in [2.75, 3.05) is 51.5 Å². The molecule has 0 saturated heterocycles. The summed E-state index contributed by atoms with van der Waals surface area (Å²) >= 11 is 0. The van der Waals surface area contributed by atoms with Crippen LogP contribution in [0.15, 0.2) is 103 Å². The third kappa shape index (κ3) is 15.0. The van der Waals surface area contributed by atoms with Crippen LogP contribution in [-0.2, 0) is 27.1 Å². The van der Waals surface area contributed by atoms with Crippen LogP contribution in [0, 0.1) is 31.4 Å². The highest BCUT2D eigenvalue weighted by molar-refractivity contribution is 6.06. The van der Waals surface area contributed by atoms with Crippen LogP contribution < -0.4 is 30.7 Å². The van der Waals surface area contributed by atoms with Crippen molar-refractivity contribution >= 4 is 39.4 Å². The van der Waals surface area contributed by atoms with Crippen molar-refractivity contribution in [3.63, 3.8) is 0 Å². The molecule has 0 aliphatic carbocycles. The van der Waals surface area contributed by atoms with Gasteiger partial charge in [0.25, 0.3) is 0 Å². The van der Waals surface area contributed by atoms with Crippen LogP contribution in [0.4, 0.5) is 27.8 Å². The van der Waals surface area contributed by atoms with E-state index in [1.165, 1.54) is 42.3 Å². The number of aliphatic hydroxyl groups is 2. The van der Waals surface area contributed by atoms with E-state index in [1.807, 2.05) is 66.7 Å². The number of aromatic nitrogens is 7. The Morgan fingerprint density at radius 3 is 2.30 bits per heavy atom. The number of carbonyl (C=O) groups is 2. The number of H-pyrrole nitrogens is 1. The van der Waals surface area contributed by atoms with Gasteiger partial charge in [0, 0.05) is 65.8 Å². The first-order chi connectivity index (χ1) is 41.3. The Hall–Kier alpha value is -8.38. The van der Waals surface area contributed by atoms with Crippen molar-refractivity contribution in [2.24, 2.45) is 11.7 Å². The molecule has 2 amide bonds. The molecule has 23 heteroatoms. The van der Waals surface area contributed by atoms with Crippen molar-refractivity contribution in [3.8, 4) is 45.3 Å². The van der Waals surface area contributed by atoms with Crippen molar-refractivity contribution < 1.29 is 56.0 Å². The van der Waals surface area contributed by atoms with Gasteiger partial charge in [0.2, 0.25) is 11.8 Å². The van der Waals surface area contributed by atoms with Gasteiger partial charge in [0.15, 0.2) is 17.4 Å². The highest BCUT2D eigenvalue weighted by Gasteiger charge is 2.39. The number of aromatic amines is 1. The number of aryl methyl sites for hydroxylation is 1. The maximum Gasteiger partial charge on any atom is 0.417 e. The van der Waals surface area contributed by atoms with Crippen LogP contribution in [-0.4, -0.2) is 116 Å². The van der Waals surface area contributed by atoms with Crippen LogP contribution in [0.1, 0.15) is 94.3 Å². The van der Waals surface area contributed by atoms with E-state index in [-0.39, 0.29) is 103 Å². The molecule has 86 heavy (non-hydrogen) atoms. The van der Waals surface area contributed by atoms with E-state index < -0.39 is 60.1 Å². The number of hydrogen-bond donors (Lipinski definition) is 6. The largest absolute Gasteiger partial charge is 0.486 e. The Morgan fingerprint density at radius 2 is 1.63 bits per heavy atom. The van der Waals surface area contributed by atoms with Crippen LogP contribution in [0.25, 0.3) is 55.3 Å². The summed E-state index contributed by atoms with van der Waals surface area (Å²) in [7, 11) is 1.51. The number of methoxy groups -OCH3 is 1. The monoisotopic (exact) mass is 1190 g/mol. The first-order valence-electron chi connectivity index (χ1n) is 28.6. The van der Waals surface area contributed by atoms with Crippen LogP contribution in [0.5, 0.6) is 11.8 Å². The summed E-state index contributed by atoms with van der Waals surface area (Å²) in [5, 5.41) is 42.5. The van der Waals surface area contributed by atoms with E-state index in [0.717, 1.165) is 17.7 Å². The molecular formula is C63H74F5N11O7. The van der Waals surface area contributed by atoms with Gasteiger partial charge in [-0.2, -0.15) is 28.2 Å². The summed E-state index contributed by atoms with van der Waals surface area (Å²) < 4.78 is 94.9. The third-order valence-electron chi connectivity index (χ3n) is 14.3. The van der Waals surface area contributed by atoms with Gasteiger partial charge in [0.05, 0.1) is 42.7 Å². The average molecular weight is 1190 g/mol. The number of benzene rings is 5. The predicted molar refractivity (Wildman–Crippen MR) is 320 cm³/mol. The van der Waals surface area contributed by atoms with Gasteiger partial charge in [-0.1, -0.05) is 120 Å². The molecular weight excluding hydrogens is 1120 g/mol. The van der Waals surface area contributed by atoms with Gasteiger partial charge in [-0.3, -0.25) is 14.7 Å². The van der Waals surface area contributed by atoms with E-state index in [9.17, 15) is 28.6 Å². The zero-order valence-electron chi connectivity index (χ0n) is 49.6. The molecule has 0 saturated carbocycles. The molecule has 8 aromatic rings. The lowest BCUT2D eigenvalue weighted by Crippen LogP contribution is -2.40. The van der Waals surface area contributed by atoms with Gasteiger partial charge in [-0.15, -0.1) is 5.10 Å². The summed E-state index contributed by atoms with van der Waals surface area (Å²) in [5.41, 5.74) is 9.88. The number of aliphatic hydroxyl groups excluding tert-OH is 2. The summed E-state index contributed by atoms with van der Waals surface area (Å²) in [6.45, 7) is 15.5. The third-order valence-corrected chi connectivity index (χ3v) is 14.3. The Bertz CT molecular complexity index is 3610. The number of fused-ring (bicyclic) bond motifs is 2. The number of hydrogen-bond acceptors (Lipinski definition) is 14. The van der Waals surface area contributed by atoms with E-state index in [0.29, 0.717) is 51.0 Å². The SMILES string of the molecule is CC.CC.COCCOc1nc(N2CC=CC(N)C2)c2cc(C(F)(F)F)c(-c3c(C)c(C)cc4[nH]ncc34)c(OCc3ccc(-c4cn(C(C(=O)NCCCC(O)C(=O)NC(CO)c5ccc(-c6cccc(F)c6F)cc5)C(C)C)nn4)cc3)c2n1. The molecule has 0 fully saturated rings. The van der Waals surface area contributed by atoms with E-state index >= 15 is 13.2 Å². The second kappa shape index (κ2) is 29.6. The lowest BCUT2D eigenvalue weighted by Gasteiger charge is -2.30. The quantitative estimate of drug-likeness (QED) is 0.0210. The number of rotatable bonds is 22. The molecule has 4 heterocycles. The molecule has 0 radical (unpaired) electrons. The summed E-state index contributed by atoms with van der Waals surface area (Å²) in [6, 6.07) is 17.7. The van der Waals surface area contributed by atoms with Crippen molar-refractivity contribution in [1.82, 2.24) is 45.8 Å². The molecule has 0 spiro atoms. The van der Waals surface area contributed by atoms with Gasteiger partial charge in [-0.25, -0.2) is 13.5 Å². The maximum atomic E-state index is 15.8. The first-order valence-corrected chi connectivity index (χ1v) is 28.6. The zero-order chi connectivity index (χ0) is 62.4. The number of nitrogens with two attached hydrogens (primary N) is 1. The van der Waals surface area contributed by atoms with Gasteiger partial charge < -0.3 is 45.7 Å². The molecule has 18 nitrogen and oxygen atoms in total. The zero-order valence-corrected chi connectivity index (χ0v) is 49.6. The molecule has 3 aromatic heterocycles. The molecule has 1 aliphatic rings. The van der Waals surface area contributed by atoms with Crippen LogP contribution in [0.2, 0.25) is 0 Å². The minimum Gasteiger partial charge on any atom is -0.486 e. The summed E-state index contributed by atoms with van der Waals surface area (Å²) in [5.74, 6) is -3.33. The standard InChI is InChI=1S/C59H62F5N11O7.2C2H6/c1-32(2)53(57(79)66-21-7-12-48(77)56(78)68-47(30-76)38-19-17-36(18-20-38)40-10-6-11-44(60)51(40)61)75-29-46(72-73-75)37-15-13-35(14-16-37)31-82-54-50(49-34(4)33(3)25-45-42(49)27-67-71-45)43(59(62,63)64)26-41-52(54)69-58(81-24-23-80-5)70-55(41)74-22-8-9-39(65)28-74;2*1-2/h6,8-11,13-20,25-27,29,32,39,47-48,53,76-77H,7,12,21-24,28,30-31,65H2,1-5H3,(H,66,79)(H,67,71)(H,68,78);2*1-2H3. The molecule has 9 rings (SSSR count). The van der Waals surface area contributed by atoms with Crippen molar-refractivity contribution in [3.05, 3.63) is 143 Å². The smallest absolute Gasteiger partial charge is 0.417 e. The number of alkyl halides is 3. The number of nitrogens with zero attached hydrogens (tertiary/aromatic N) is 7. The topological polar surface area (TPSA) is 241 Å². The fraction of sp³-hybridized carbons (Fsp3) is 0.381. The number of anilines is 1. The minimum absolute atomic E-state index is 0.0192. The first kappa shape index (κ1) is 65.2. The predicted octanol–water partition coefficient (Wildman–Crippen LogP) is 10.7. The molecule has 1 aliphatic heterocycles. The second-order valence-electron chi connectivity index (χ2n) is 20.4. The van der Waals surface area contributed by atoms with Crippen LogP contribution >= 0.6 is 0 Å². The highest BCUT2D eigenvalue weighted by atomic mass is 19.4. The lowest BCUT2D eigenvalue weighted by molar-refractivity contribution is -0.137. The molecule has 7 N–H and O–H groups in total. The minimum atomic E-state index is -4.89. The van der Waals surface area contributed by atoms with E-state index in [4.69, 9.17) is 24.9 Å². The number of carbonyl (C=O) groups excluding carboxylic acids is 2. The van der Waals surface area contributed by atoms with E-state index in [2.05, 4.69) is 36.1 Å². The summed E-state index contributed by atoms with van der Waals surface area (Å²) in [6.07, 6.45) is 0.619. The fourth-order valence-electron chi connectivity index (χ4n) is 9.98. The number of ether oxygens (including phenoxy) is 3. The molecule has 0 bridgehead atoms. The molecule has 4 atom stereocenters. The lowest BCUT2D eigenvalue weighted by atomic mass is 9.88. The molecule has 5 aromatic carbocycles. The fourth-order valence-corrected chi connectivity index (χ4v) is 9.98. The van der Waals surface area contributed by atoms with Crippen LogP contribution in [0.3, 0.4) is 0 Å². The number of nitrogens with one attached hydrogen (secondary N) is 3. The number of amides is 2. The maximum absolute atomic E-state index is 15.8. The molecule has 4 unspecified atom stereocenters. The Kier molecular flexibility index (Phi) is 22.4. The molecule has 458 valence electrons. The van der Waals surface area contributed by atoms with Crippen molar-refractivity contribution in [1.29, 1.82) is 0 Å². The number of halogens is 5. The van der Waals surface area contributed by atoms with Gasteiger partial charge >= 0.3 is 12.2 Å². The highest BCUT2D eigenvalue weighted by Crippen LogP contribution is 2.51. The summed E-state index contributed by atoms with van der Waals surface area (Å²) in [4.78, 5) is 37.8. The normalized spacial score (nSPS) is 14.3. The van der Waals surface area contributed by atoms with E-state index in [1.54, 1.807) is 54.4 Å². The van der Waals surface area contributed by atoms with Crippen molar-refractivity contribution in [2.45, 2.75) is 105 Å². The second-order valence-corrected chi connectivity index (χ2v) is 20.4. The van der Waals surface area contributed by atoms with Gasteiger partial charge in [-0.05, 0) is 78.6 Å². The Morgan fingerprint density at radius 1 is 0.907 bits per heavy atom. The Balaban J connectivity index is 0.00000259. The average Bonchev–Trinajstić information content (AvgIpc) is 1.13. The van der Waals surface area contributed by atoms with Gasteiger partial charge in [0.1, 0.15) is 42.4 Å². The Labute approximate surface area is 496 Å².